The Balaban J connectivity index is 1.78. The van der Waals surface area contributed by atoms with Gasteiger partial charge in [0, 0.05) is 23.5 Å². The molecule has 5 rings (SSSR count). The lowest BCUT2D eigenvalue weighted by Crippen LogP contribution is -1.94. The number of hydrogen-bond acceptors (Lipinski definition) is 6. The Hall–Kier alpha value is -3.61. The van der Waals surface area contributed by atoms with Gasteiger partial charge < -0.3 is 20.2 Å². The molecule has 1 aliphatic rings. The maximum absolute atomic E-state index is 5.86. The predicted octanol–water partition coefficient (Wildman–Crippen LogP) is 3.31. The van der Waals surface area contributed by atoms with Crippen molar-refractivity contribution in [1.82, 2.24) is 19.9 Å². The van der Waals surface area contributed by atoms with Crippen molar-refractivity contribution in [1.29, 1.82) is 0 Å². The van der Waals surface area contributed by atoms with Gasteiger partial charge in [-0.15, -0.1) is 0 Å². The minimum atomic E-state index is 0.239. The highest BCUT2D eigenvalue weighted by molar-refractivity contribution is 6.03. The number of anilines is 1. The highest BCUT2D eigenvalue weighted by Gasteiger charge is 2.19. The maximum atomic E-state index is 5.86. The fourth-order valence-electron chi connectivity index (χ4n) is 3.24. The van der Waals surface area contributed by atoms with Gasteiger partial charge in [0.15, 0.2) is 11.5 Å². The van der Waals surface area contributed by atoms with Gasteiger partial charge in [0.25, 0.3) is 0 Å². The lowest BCUT2D eigenvalue weighted by molar-refractivity contribution is 0.174. The Bertz CT molecular complexity index is 1150. The monoisotopic (exact) mass is 345 g/mol. The number of nitrogens with zero attached hydrogens (tertiary/aromatic N) is 3. The number of hydrogen-bond donors (Lipinski definition) is 2. The highest BCUT2D eigenvalue weighted by atomic mass is 16.7. The van der Waals surface area contributed by atoms with E-state index < -0.39 is 0 Å². The van der Waals surface area contributed by atoms with Gasteiger partial charge in [0.05, 0.1) is 11.1 Å². The molecule has 3 aromatic heterocycles. The summed E-state index contributed by atoms with van der Waals surface area (Å²) in [5, 5.41) is 0.931. The summed E-state index contributed by atoms with van der Waals surface area (Å²) < 4.78 is 10.9. The van der Waals surface area contributed by atoms with Gasteiger partial charge in [0.1, 0.15) is 17.3 Å². The van der Waals surface area contributed by atoms with E-state index in [2.05, 4.69) is 15.0 Å². The van der Waals surface area contributed by atoms with Crippen molar-refractivity contribution in [3.63, 3.8) is 0 Å². The first-order valence-corrected chi connectivity index (χ1v) is 8.17. The van der Waals surface area contributed by atoms with Crippen LogP contribution >= 0.6 is 0 Å². The maximum Gasteiger partial charge on any atom is 0.231 e. The molecule has 7 nitrogen and oxygen atoms in total. The number of fused-ring (bicyclic) bond motifs is 2. The van der Waals surface area contributed by atoms with E-state index >= 15 is 0 Å². The van der Waals surface area contributed by atoms with Crippen LogP contribution < -0.4 is 15.2 Å². The summed E-state index contributed by atoms with van der Waals surface area (Å²) in [6.07, 6.45) is 3.61. The third kappa shape index (κ3) is 2.25. The van der Waals surface area contributed by atoms with Gasteiger partial charge in [-0.05, 0) is 42.8 Å². The first-order valence-electron chi connectivity index (χ1n) is 8.17. The molecule has 0 atom stereocenters. The molecule has 128 valence electrons. The Labute approximate surface area is 148 Å². The van der Waals surface area contributed by atoms with Crippen LogP contribution in [0.5, 0.6) is 11.5 Å². The van der Waals surface area contributed by atoms with Crippen molar-refractivity contribution in [3.05, 3.63) is 48.5 Å². The van der Waals surface area contributed by atoms with Gasteiger partial charge in [0.2, 0.25) is 6.79 Å². The van der Waals surface area contributed by atoms with Crippen molar-refractivity contribution >= 4 is 16.9 Å². The molecular formula is C19H15N5O2. The Morgan fingerprint density at radius 1 is 1.04 bits per heavy atom. The van der Waals surface area contributed by atoms with E-state index in [-0.39, 0.29) is 6.79 Å². The van der Waals surface area contributed by atoms with Crippen molar-refractivity contribution in [2.24, 2.45) is 0 Å². The normalized spacial score (nSPS) is 12.7. The smallest absolute Gasteiger partial charge is 0.231 e. The summed E-state index contributed by atoms with van der Waals surface area (Å²) in [6.45, 7) is 2.11. The van der Waals surface area contributed by atoms with Gasteiger partial charge >= 0.3 is 0 Å². The molecule has 3 N–H and O–H groups in total. The van der Waals surface area contributed by atoms with Gasteiger partial charge in [-0.3, -0.25) is 0 Å². The zero-order valence-electron chi connectivity index (χ0n) is 14.0. The van der Waals surface area contributed by atoms with Crippen molar-refractivity contribution in [2.75, 3.05) is 12.5 Å². The lowest BCUT2D eigenvalue weighted by Gasteiger charge is -2.08. The van der Waals surface area contributed by atoms with E-state index in [4.69, 9.17) is 20.2 Å². The summed E-state index contributed by atoms with van der Waals surface area (Å²) >= 11 is 0. The second-order valence-corrected chi connectivity index (χ2v) is 6.08. The molecular weight excluding hydrogens is 330 g/mol. The molecule has 4 heterocycles. The zero-order valence-corrected chi connectivity index (χ0v) is 14.0. The van der Waals surface area contributed by atoms with Crippen molar-refractivity contribution in [3.8, 4) is 33.9 Å². The molecule has 0 fully saturated rings. The fraction of sp³-hybridized carbons (Fsp3) is 0.105. The highest BCUT2D eigenvalue weighted by Crippen LogP contribution is 2.39. The van der Waals surface area contributed by atoms with E-state index in [1.165, 1.54) is 0 Å². The third-order valence-corrected chi connectivity index (χ3v) is 4.38. The van der Waals surface area contributed by atoms with E-state index in [9.17, 15) is 0 Å². The minimum absolute atomic E-state index is 0.239. The second kappa shape index (κ2) is 5.45. The molecule has 0 unspecified atom stereocenters. The molecule has 1 aliphatic heterocycles. The van der Waals surface area contributed by atoms with Crippen LogP contribution in [0.2, 0.25) is 0 Å². The number of nitrogens with two attached hydrogens (primary N) is 1. The van der Waals surface area contributed by atoms with Gasteiger partial charge in [-0.25, -0.2) is 15.0 Å². The molecule has 4 aromatic rings. The average Bonchev–Trinajstić information content (AvgIpc) is 3.27. The first kappa shape index (κ1) is 14.7. The number of aryl methyl sites for hydroxylation is 1. The standard InChI is InChI=1S/C19H15N5O2/c1-10-23-18(12-2-3-14-15(6-12)26-9-25-14)17-13(8-22-19(17)24-10)11-4-5-21-16(20)7-11/h2-8H,9H2,1H3,(H2,20,21)(H,22,23,24). The predicted molar refractivity (Wildman–Crippen MR) is 97.8 cm³/mol. The quantitative estimate of drug-likeness (QED) is 0.578. The van der Waals surface area contributed by atoms with Crippen LogP contribution in [0.1, 0.15) is 5.82 Å². The Morgan fingerprint density at radius 3 is 2.81 bits per heavy atom. The SMILES string of the molecule is Cc1nc(-c2ccc3c(c2)OCO3)c2c(-c3ccnc(N)c3)c[nH]c2n1. The molecule has 0 amide bonds. The van der Waals surface area contributed by atoms with Crippen molar-refractivity contribution < 1.29 is 9.47 Å². The van der Waals surface area contributed by atoms with Crippen molar-refractivity contribution in [2.45, 2.75) is 6.92 Å². The topological polar surface area (TPSA) is 98.9 Å². The summed E-state index contributed by atoms with van der Waals surface area (Å²) in [5.41, 5.74) is 10.3. The summed E-state index contributed by atoms with van der Waals surface area (Å²) in [5.74, 6) is 2.62. The lowest BCUT2D eigenvalue weighted by atomic mass is 10.0. The number of H-pyrrole nitrogens is 1. The summed E-state index contributed by atoms with van der Waals surface area (Å²) in [6, 6.07) is 9.58. The number of aromatic nitrogens is 4. The molecule has 0 saturated heterocycles. The molecule has 1 aromatic carbocycles. The molecule has 0 bridgehead atoms. The molecule has 7 heteroatoms. The molecule has 0 aliphatic carbocycles. The summed E-state index contributed by atoms with van der Waals surface area (Å²) in [4.78, 5) is 16.5. The van der Waals surface area contributed by atoms with Crippen LogP contribution in [0.15, 0.2) is 42.7 Å². The van der Waals surface area contributed by atoms with Crippen LogP contribution in [0.4, 0.5) is 5.82 Å². The molecule has 0 radical (unpaired) electrons. The number of rotatable bonds is 2. The second-order valence-electron chi connectivity index (χ2n) is 6.08. The third-order valence-electron chi connectivity index (χ3n) is 4.38. The van der Waals surface area contributed by atoms with Crippen LogP contribution in [-0.4, -0.2) is 26.7 Å². The number of nitrogen functional groups attached to an aromatic ring is 1. The fourth-order valence-corrected chi connectivity index (χ4v) is 3.24. The number of nitrogens with one attached hydrogen (secondary N) is 1. The number of benzene rings is 1. The molecule has 0 spiro atoms. The minimum Gasteiger partial charge on any atom is -0.454 e. The van der Waals surface area contributed by atoms with Crippen LogP contribution in [0, 0.1) is 6.92 Å². The molecule has 0 saturated carbocycles. The molecule has 26 heavy (non-hydrogen) atoms. The van der Waals surface area contributed by atoms with E-state index in [0.717, 1.165) is 44.9 Å². The largest absolute Gasteiger partial charge is 0.454 e. The van der Waals surface area contributed by atoms with E-state index in [0.29, 0.717) is 11.6 Å². The summed E-state index contributed by atoms with van der Waals surface area (Å²) in [7, 11) is 0. The van der Waals surface area contributed by atoms with Gasteiger partial charge in [-0.1, -0.05) is 0 Å². The van der Waals surface area contributed by atoms with Gasteiger partial charge in [-0.2, -0.15) is 0 Å². The van der Waals surface area contributed by atoms with Crippen LogP contribution in [-0.2, 0) is 0 Å². The average molecular weight is 345 g/mol. The number of aromatic amines is 1. The van der Waals surface area contributed by atoms with Crippen LogP contribution in [0.3, 0.4) is 0 Å². The first-order chi connectivity index (χ1) is 12.7. The number of pyridine rings is 1. The Morgan fingerprint density at radius 2 is 1.92 bits per heavy atom. The van der Waals surface area contributed by atoms with E-state index in [1.807, 2.05) is 43.5 Å². The van der Waals surface area contributed by atoms with E-state index in [1.54, 1.807) is 6.20 Å². The zero-order chi connectivity index (χ0) is 17.7. The van der Waals surface area contributed by atoms with Crippen LogP contribution in [0.25, 0.3) is 33.4 Å². The number of ether oxygens (including phenoxy) is 2. The Kier molecular flexibility index (Phi) is 3.08.